The Hall–Kier alpha value is -2.09. The largest absolute Gasteiger partial charge is 0.306 e. The van der Waals surface area contributed by atoms with Gasteiger partial charge < -0.3 is 4.90 Å². The number of anilines is 1. The first-order chi connectivity index (χ1) is 9.09. The highest BCUT2D eigenvalue weighted by Gasteiger charge is 2.20. The lowest BCUT2D eigenvalue weighted by atomic mass is 10.1. The molecule has 0 saturated heterocycles. The number of carbonyl (C=O) groups is 1. The number of para-hydroxylation sites is 1. The molecule has 2 rings (SSSR count). The average Bonchev–Trinajstić information content (AvgIpc) is 2.40. The summed E-state index contributed by atoms with van der Waals surface area (Å²) in [6, 6.07) is 17.6. The van der Waals surface area contributed by atoms with Crippen LogP contribution in [-0.2, 0) is 0 Å². The number of nitrogens with zero attached hydrogens (tertiary/aromatic N) is 1. The minimum Gasteiger partial charge on any atom is -0.306 e. The molecule has 0 fully saturated rings. The second-order valence-corrected chi connectivity index (χ2v) is 4.97. The average molecular weight is 253 g/mol. The lowest BCUT2D eigenvalue weighted by molar-refractivity contribution is 0.0980. The van der Waals surface area contributed by atoms with Gasteiger partial charge in [-0.3, -0.25) is 4.79 Å². The Morgan fingerprint density at radius 2 is 1.53 bits per heavy atom. The molecule has 0 heterocycles. The van der Waals surface area contributed by atoms with Crippen molar-refractivity contribution in [1.82, 2.24) is 0 Å². The summed E-state index contributed by atoms with van der Waals surface area (Å²) in [5, 5.41) is 0. The summed E-state index contributed by atoms with van der Waals surface area (Å²) in [5.41, 5.74) is 2.82. The molecule has 0 unspecified atom stereocenters. The van der Waals surface area contributed by atoms with Crippen LogP contribution in [0.15, 0.2) is 54.6 Å². The number of benzene rings is 2. The van der Waals surface area contributed by atoms with Gasteiger partial charge in [-0.2, -0.15) is 0 Å². The molecule has 0 radical (unpaired) electrons. The fourth-order valence-electron chi connectivity index (χ4n) is 2.07. The number of carbonyl (C=O) groups excluding carboxylic acids is 1. The lowest BCUT2D eigenvalue weighted by Gasteiger charge is -2.27. The Morgan fingerprint density at radius 1 is 0.947 bits per heavy atom. The molecule has 2 heteroatoms. The van der Waals surface area contributed by atoms with Crippen molar-refractivity contribution < 1.29 is 4.79 Å². The second-order valence-electron chi connectivity index (χ2n) is 4.97. The molecular formula is C17H19NO. The number of amides is 1. The Bertz CT molecular complexity index is 543. The van der Waals surface area contributed by atoms with Gasteiger partial charge in [-0.1, -0.05) is 35.9 Å². The van der Waals surface area contributed by atoms with Gasteiger partial charge in [0.15, 0.2) is 0 Å². The Balaban J connectivity index is 2.35. The molecule has 0 spiro atoms. The van der Waals surface area contributed by atoms with Gasteiger partial charge in [0, 0.05) is 17.3 Å². The van der Waals surface area contributed by atoms with E-state index in [2.05, 4.69) is 0 Å². The molecular weight excluding hydrogens is 234 g/mol. The maximum Gasteiger partial charge on any atom is 0.258 e. The summed E-state index contributed by atoms with van der Waals surface area (Å²) in [6.07, 6.45) is 0. The molecule has 0 bridgehead atoms. The van der Waals surface area contributed by atoms with Gasteiger partial charge in [-0.25, -0.2) is 0 Å². The fraction of sp³-hybridized carbons (Fsp3) is 0.235. The first-order valence-electron chi connectivity index (χ1n) is 6.55. The van der Waals surface area contributed by atoms with E-state index in [0.717, 1.165) is 16.8 Å². The molecule has 19 heavy (non-hydrogen) atoms. The van der Waals surface area contributed by atoms with Crippen LogP contribution in [0.1, 0.15) is 29.8 Å². The number of aryl methyl sites for hydroxylation is 1. The Labute approximate surface area is 114 Å². The lowest BCUT2D eigenvalue weighted by Crippen LogP contribution is -2.37. The summed E-state index contributed by atoms with van der Waals surface area (Å²) in [5.74, 6) is 0.0428. The molecule has 2 aromatic rings. The molecule has 2 aromatic carbocycles. The zero-order valence-corrected chi connectivity index (χ0v) is 11.6. The topological polar surface area (TPSA) is 20.3 Å². The first-order valence-corrected chi connectivity index (χ1v) is 6.55. The van der Waals surface area contributed by atoms with Crippen molar-refractivity contribution in [2.24, 2.45) is 0 Å². The van der Waals surface area contributed by atoms with Crippen molar-refractivity contribution in [3.8, 4) is 0 Å². The third kappa shape index (κ3) is 3.02. The molecule has 0 aliphatic rings. The quantitative estimate of drug-likeness (QED) is 0.808. The van der Waals surface area contributed by atoms with Crippen LogP contribution in [0.2, 0.25) is 0 Å². The van der Waals surface area contributed by atoms with Crippen molar-refractivity contribution in [1.29, 1.82) is 0 Å². The molecule has 2 nitrogen and oxygen atoms in total. The standard InChI is InChI=1S/C17H19NO/c1-13(2)18(16-7-5-4-6-8-16)17(19)15-11-9-14(3)10-12-15/h4-13H,1-3H3. The van der Waals surface area contributed by atoms with Crippen molar-refractivity contribution in [2.75, 3.05) is 4.90 Å². The van der Waals surface area contributed by atoms with E-state index in [1.807, 2.05) is 80.3 Å². The maximum atomic E-state index is 12.6. The van der Waals surface area contributed by atoms with E-state index >= 15 is 0 Å². The van der Waals surface area contributed by atoms with Gasteiger partial charge in [-0.05, 0) is 45.0 Å². The van der Waals surface area contributed by atoms with Crippen molar-refractivity contribution in [2.45, 2.75) is 26.8 Å². The highest BCUT2D eigenvalue weighted by molar-refractivity contribution is 6.06. The van der Waals surface area contributed by atoms with Crippen LogP contribution in [0.4, 0.5) is 5.69 Å². The minimum absolute atomic E-state index is 0.0428. The van der Waals surface area contributed by atoms with Gasteiger partial charge >= 0.3 is 0 Å². The predicted octanol–water partition coefficient (Wildman–Crippen LogP) is 4.05. The van der Waals surface area contributed by atoms with E-state index < -0.39 is 0 Å². The van der Waals surface area contributed by atoms with E-state index in [4.69, 9.17) is 0 Å². The first kappa shape index (κ1) is 13.3. The van der Waals surface area contributed by atoms with Gasteiger partial charge in [0.25, 0.3) is 5.91 Å². The maximum absolute atomic E-state index is 12.6. The van der Waals surface area contributed by atoms with Crippen LogP contribution in [0.5, 0.6) is 0 Å². The second kappa shape index (κ2) is 5.70. The molecule has 98 valence electrons. The summed E-state index contributed by atoms with van der Waals surface area (Å²) in [7, 11) is 0. The number of rotatable bonds is 3. The van der Waals surface area contributed by atoms with Crippen molar-refractivity contribution in [3.63, 3.8) is 0 Å². The van der Waals surface area contributed by atoms with Crippen molar-refractivity contribution >= 4 is 11.6 Å². The van der Waals surface area contributed by atoms with E-state index in [1.54, 1.807) is 0 Å². The zero-order chi connectivity index (χ0) is 13.8. The van der Waals surface area contributed by atoms with Crippen LogP contribution >= 0.6 is 0 Å². The van der Waals surface area contributed by atoms with E-state index in [1.165, 1.54) is 0 Å². The Kier molecular flexibility index (Phi) is 4.00. The van der Waals surface area contributed by atoms with Gasteiger partial charge in [0.05, 0.1) is 0 Å². The third-order valence-electron chi connectivity index (χ3n) is 3.07. The van der Waals surface area contributed by atoms with Crippen LogP contribution in [0, 0.1) is 6.92 Å². The molecule has 0 atom stereocenters. The van der Waals surface area contributed by atoms with E-state index in [-0.39, 0.29) is 11.9 Å². The van der Waals surface area contributed by atoms with E-state index in [9.17, 15) is 4.79 Å². The minimum atomic E-state index is 0.0428. The van der Waals surface area contributed by atoms with Gasteiger partial charge in [-0.15, -0.1) is 0 Å². The van der Waals surface area contributed by atoms with Crippen LogP contribution < -0.4 is 4.90 Å². The normalized spacial score (nSPS) is 10.5. The molecule has 0 saturated carbocycles. The van der Waals surface area contributed by atoms with Crippen molar-refractivity contribution in [3.05, 3.63) is 65.7 Å². The third-order valence-corrected chi connectivity index (χ3v) is 3.07. The Morgan fingerprint density at radius 3 is 2.05 bits per heavy atom. The highest BCUT2D eigenvalue weighted by Crippen LogP contribution is 2.19. The molecule has 0 N–H and O–H groups in total. The van der Waals surface area contributed by atoms with Crippen LogP contribution in [0.25, 0.3) is 0 Å². The fourth-order valence-corrected chi connectivity index (χ4v) is 2.07. The molecule has 0 aliphatic carbocycles. The summed E-state index contributed by atoms with van der Waals surface area (Å²) < 4.78 is 0. The predicted molar refractivity (Wildman–Crippen MR) is 79.6 cm³/mol. The summed E-state index contributed by atoms with van der Waals surface area (Å²) >= 11 is 0. The SMILES string of the molecule is Cc1ccc(C(=O)N(c2ccccc2)C(C)C)cc1. The molecule has 1 amide bonds. The van der Waals surface area contributed by atoms with Crippen LogP contribution in [0.3, 0.4) is 0 Å². The monoisotopic (exact) mass is 253 g/mol. The van der Waals surface area contributed by atoms with Gasteiger partial charge in [0.1, 0.15) is 0 Å². The number of hydrogen-bond donors (Lipinski definition) is 0. The van der Waals surface area contributed by atoms with Crippen LogP contribution in [-0.4, -0.2) is 11.9 Å². The molecule has 0 aromatic heterocycles. The smallest absolute Gasteiger partial charge is 0.258 e. The number of hydrogen-bond acceptors (Lipinski definition) is 1. The zero-order valence-electron chi connectivity index (χ0n) is 11.6. The molecule has 0 aliphatic heterocycles. The summed E-state index contributed by atoms with van der Waals surface area (Å²) in [6.45, 7) is 6.07. The highest BCUT2D eigenvalue weighted by atomic mass is 16.2. The van der Waals surface area contributed by atoms with E-state index in [0.29, 0.717) is 0 Å². The summed E-state index contributed by atoms with van der Waals surface area (Å²) in [4.78, 5) is 14.4. The van der Waals surface area contributed by atoms with Gasteiger partial charge in [0.2, 0.25) is 0 Å².